The number of carbonyl (C=O) groups is 2. The van der Waals surface area contributed by atoms with E-state index in [9.17, 15) is 9.59 Å². The first-order chi connectivity index (χ1) is 13.7. The van der Waals surface area contributed by atoms with Crippen LogP contribution in [-0.2, 0) is 4.74 Å². The van der Waals surface area contributed by atoms with Gasteiger partial charge in [-0.25, -0.2) is 14.7 Å². The van der Waals surface area contributed by atoms with E-state index in [0.717, 1.165) is 16.9 Å². The van der Waals surface area contributed by atoms with E-state index in [1.165, 1.54) is 4.90 Å². The quantitative estimate of drug-likeness (QED) is 0.588. The summed E-state index contributed by atoms with van der Waals surface area (Å²) in [6.45, 7) is 7.33. The van der Waals surface area contributed by atoms with E-state index < -0.39 is 11.7 Å². The number of benzene rings is 2. The molecule has 29 heavy (non-hydrogen) atoms. The molecular formula is C22H23N3O3S. The predicted octanol–water partition coefficient (Wildman–Crippen LogP) is 5.34. The zero-order chi connectivity index (χ0) is 21.2. The number of hydrogen-bond acceptors (Lipinski definition) is 6. The van der Waals surface area contributed by atoms with Crippen LogP contribution in [0.15, 0.2) is 54.6 Å². The van der Waals surface area contributed by atoms with Gasteiger partial charge in [0, 0.05) is 5.56 Å². The molecule has 7 heteroatoms. The molecule has 1 aromatic heterocycles. The number of carbonyl (C=O) groups excluding carboxylic acids is 2. The molecule has 2 aromatic carbocycles. The Labute approximate surface area is 173 Å². The summed E-state index contributed by atoms with van der Waals surface area (Å²) < 4.78 is 5.56. The van der Waals surface area contributed by atoms with Crippen LogP contribution in [0.5, 0.6) is 0 Å². The smallest absolute Gasteiger partial charge is 0.421 e. The Morgan fingerprint density at radius 2 is 1.66 bits per heavy atom. The summed E-state index contributed by atoms with van der Waals surface area (Å²) in [5.41, 5.74) is 7.50. The number of nitrogens with two attached hydrogens (primary N) is 1. The van der Waals surface area contributed by atoms with Crippen molar-refractivity contribution in [3.63, 3.8) is 0 Å². The lowest BCUT2D eigenvalue weighted by atomic mass is 10.1. The third-order valence-electron chi connectivity index (χ3n) is 3.94. The Kier molecular flexibility index (Phi) is 5.70. The van der Waals surface area contributed by atoms with Gasteiger partial charge in [-0.3, -0.25) is 4.79 Å². The van der Waals surface area contributed by atoms with Crippen LogP contribution in [0.25, 0.3) is 0 Å². The predicted molar refractivity (Wildman–Crippen MR) is 116 cm³/mol. The molecule has 0 atom stereocenters. The number of anilines is 3. The van der Waals surface area contributed by atoms with Crippen LogP contribution in [0.4, 0.5) is 21.4 Å². The van der Waals surface area contributed by atoms with Gasteiger partial charge in [0.15, 0.2) is 0 Å². The SMILES string of the molecule is Cc1ccc(N(C(=O)OC(C)(C)C)c2nc(N)c(C(=O)c3ccccc3)s2)cc1. The summed E-state index contributed by atoms with van der Waals surface area (Å²) in [5, 5.41) is 0.278. The number of nitrogen functional groups attached to an aromatic ring is 1. The summed E-state index contributed by atoms with van der Waals surface area (Å²) in [4.78, 5) is 31.7. The first kappa shape index (κ1) is 20.5. The highest BCUT2D eigenvalue weighted by Gasteiger charge is 2.29. The molecule has 0 radical (unpaired) electrons. The highest BCUT2D eigenvalue weighted by molar-refractivity contribution is 7.18. The van der Waals surface area contributed by atoms with Crippen molar-refractivity contribution in [3.8, 4) is 0 Å². The van der Waals surface area contributed by atoms with Gasteiger partial charge < -0.3 is 10.5 Å². The Hall–Kier alpha value is -3.19. The molecule has 0 aliphatic carbocycles. The largest absolute Gasteiger partial charge is 0.443 e. The Bertz CT molecular complexity index is 1020. The van der Waals surface area contributed by atoms with Gasteiger partial charge in [-0.05, 0) is 39.8 Å². The van der Waals surface area contributed by atoms with Crippen molar-refractivity contribution in [1.82, 2.24) is 4.98 Å². The van der Waals surface area contributed by atoms with Gasteiger partial charge in [0.2, 0.25) is 10.9 Å². The molecular weight excluding hydrogens is 386 g/mol. The maximum atomic E-state index is 12.9. The van der Waals surface area contributed by atoms with Crippen LogP contribution >= 0.6 is 11.3 Å². The van der Waals surface area contributed by atoms with Crippen molar-refractivity contribution >= 4 is 39.9 Å². The highest BCUT2D eigenvalue weighted by atomic mass is 32.1. The van der Waals surface area contributed by atoms with Crippen molar-refractivity contribution in [1.29, 1.82) is 0 Å². The van der Waals surface area contributed by atoms with Crippen molar-refractivity contribution in [2.45, 2.75) is 33.3 Å². The van der Waals surface area contributed by atoms with Crippen LogP contribution in [0.2, 0.25) is 0 Å². The number of ketones is 1. The zero-order valence-corrected chi connectivity index (χ0v) is 17.6. The van der Waals surface area contributed by atoms with E-state index in [4.69, 9.17) is 10.5 Å². The minimum absolute atomic E-state index is 0.0829. The lowest BCUT2D eigenvalue weighted by Gasteiger charge is -2.25. The average molecular weight is 410 g/mol. The highest BCUT2D eigenvalue weighted by Crippen LogP contribution is 2.35. The van der Waals surface area contributed by atoms with Gasteiger partial charge in [-0.2, -0.15) is 0 Å². The molecule has 150 valence electrons. The summed E-state index contributed by atoms with van der Waals surface area (Å²) in [5.74, 6) is -0.153. The first-order valence-corrected chi connectivity index (χ1v) is 9.93. The third-order valence-corrected chi connectivity index (χ3v) is 5.00. The number of nitrogens with zero attached hydrogens (tertiary/aromatic N) is 2. The van der Waals surface area contributed by atoms with Crippen molar-refractivity contribution < 1.29 is 14.3 Å². The molecule has 0 saturated carbocycles. The second-order valence-corrected chi connectivity index (χ2v) is 8.53. The lowest BCUT2D eigenvalue weighted by molar-refractivity contribution is 0.0599. The molecule has 1 amide bonds. The van der Waals surface area contributed by atoms with Gasteiger partial charge in [0.25, 0.3) is 0 Å². The molecule has 6 nitrogen and oxygen atoms in total. The molecule has 0 saturated heterocycles. The van der Waals surface area contributed by atoms with Crippen LogP contribution in [0.3, 0.4) is 0 Å². The molecule has 0 unspecified atom stereocenters. The number of aryl methyl sites for hydroxylation is 1. The molecule has 0 spiro atoms. The average Bonchev–Trinajstić information content (AvgIpc) is 3.03. The van der Waals surface area contributed by atoms with E-state index in [1.807, 2.05) is 25.1 Å². The molecule has 0 aliphatic heterocycles. The van der Waals surface area contributed by atoms with E-state index in [-0.39, 0.29) is 21.6 Å². The van der Waals surface area contributed by atoms with Gasteiger partial charge in [-0.1, -0.05) is 59.4 Å². The molecule has 2 N–H and O–H groups in total. The molecule has 0 bridgehead atoms. The number of ether oxygens (including phenoxy) is 1. The fraction of sp³-hybridized carbons (Fsp3) is 0.227. The van der Waals surface area contributed by atoms with E-state index in [0.29, 0.717) is 11.3 Å². The van der Waals surface area contributed by atoms with Crippen LogP contribution in [0.1, 0.15) is 41.6 Å². The van der Waals surface area contributed by atoms with Gasteiger partial charge in [-0.15, -0.1) is 0 Å². The topological polar surface area (TPSA) is 85.5 Å². The zero-order valence-electron chi connectivity index (χ0n) is 16.8. The monoisotopic (exact) mass is 409 g/mol. The third kappa shape index (κ3) is 4.81. The summed E-state index contributed by atoms with van der Waals surface area (Å²) in [7, 11) is 0. The van der Waals surface area contributed by atoms with E-state index in [1.54, 1.807) is 57.2 Å². The maximum Gasteiger partial charge on any atom is 0.421 e. The van der Waals surface area contributed by atoms with Crippen molar-refractivity contribution in [3.05, 3.63) is 70.6 Å². The fourth-order valence-corrected chi connectivity index (χ4v) is 3.55. The number of amides is 1. The summed E-state index contributed by atoms with van der Waals surface area (Å²) >= 11 is 1.06. The molecule has 1 heterocycles. The number of hydrogen-bond donors (Lipinski definition) is 1. The van der Waals surface area contributed by atoms with Gasteiger partial charge in [0.05, 0.1) is 5.69 Å². The van der Waals surface area contributed by atoms with Gasteiger partial charge in [0.1, 0.15) is 16.3 Å². The first-order valence-electron chi connectivity index (χ1n) is 9.11. The second-order valence-electron chi connectivity index (χ2n) is 7.56. The summed E-state index contributed by atoms with van der Waals surface area (Å²) in [6.07, 6.45) is -0.589. The Morgan fingerprint density at radius 3 is 2.24 bits per heavy atom. The molecule has 0 aliphatic rings. The van der Waals surface area contributed by atoms with Gasteiger partial charge >= 0.3 is 6.09 Å². The van der Waals surface area contributed by atoms with E-state index >= 15 is 0 Å². The standard InChI is InChI=1S/C22H23N3O3S/c1-14-10-12-16(13-11-14)25(21(27)28-22(2,3)4)20-24-19(23)18(29-20)17(26)15-8-6-5-7-9-15/h5-13H,23H2,1-4H3. The minimum Gasteiger partial charge on any atom is -0.443 e. The number of thiazole rings is 1. The molecule has 3 aromatic rings. The van der Waals surface area contributed by atoms with Crippen LogP contribution in [-0.4, -0.2) is 22.5 Å². The molecule has 0 fully saturated rings. The lowest BCUT2D eigenvalue weighted by Crippen LogP contribution is -2.33. The maximum absolute atomic E-state index is 12.9. The van der Waals surface area contributed by atoms with Crippen LogP contribution < -0.4 is 10.6 Å². The molecule has 3 rings (SSSR count). The second kappa shape index (κ2) is 8.05. The normalized spacial score (nSPS) is 11.2. The fourth-order valence-electron chi connectivity index (χ4n) is 2.59. The van der Waals surface area contributed by atoms with Crippen molar-refractivity contribution in [2.75, 3.05) is 10.6 Å². The Morgan fingerprint density at radius 1 is 1.03 bits per heavy atom. The van der Waals surface area contributed by atoms with E-state index in [2.05, 4.69) is 4.98 Å². The Balaban J connectivity index is 2.03. The minimum atomic E-state index is -0.689. The van der Waals surface area contributed by atoms with Crippen molar-refractivity contribution in [2.24, 2.45) is 0 Å². The van der Waals surface area contributed by atoms with Crippen LogP contribution in [0, 0.1) is 6.92 Å². The number of rotatable bonds is 4. The number of aromatic nitrogens is 1. The summed E-state index contributed by atoms with van der Waals surface area (Å²) in [6, 6.07) is 16.2.